The number of unbranched alkanes of at least 4 members (excludes halogenated alkanes) is 1. The number of rotatable bonds is 11. The van der Waals surface area contributed by atoms with Crippen molar-refractivity contribution in [2.45, 2.75) is 25.4 Å². The number of carbonyl (C=O) groups excluding carboxylic acids is 5. The van der Waals surface area contributed by atoms with Gasteiger partial charge in [0.2, 0.25) is 11.8 Å². The first kappa shape index (κ1) is 30.4. The standard InChI is InChI=1S/C26H29ClFN5O7S/c27-21-7-6-20(41-21)25(37)33(23(35)3-1-2-8-30-22(34)12-29)14-17-13-32(26(38)40-17)19-5-4-16(11-18(19)28)31-9-10-39-15-24(31)36/h4-7,11,17H,1-3,8-10,12-15,29H2,(H,30,34)/t17-/m1/s1. The lowest BCUT2D eigenvalue weighted by atomic mass is 10.2. The maximum atomic E-state index is 15.1. The van der Waals surface area contributed by atoms with Crippen LogP contribution in [0, 0.1) is 5.82 Å². The summed E-state index contributed by atoms with van der Waals surface area (Å²) in [6.45, 7) is 0.341. The van der Waals surface area contributed by atoms with E-state index in [1.54, 1.807) is 0 Å². The highest BCUT2D eigenvalue weighted by atomic mass is 35.5. The highest BCUT2D eigenvalue weighted by Crippen LogP contribution is 2.30. The van der Waals surface area contributed by atoms with Gasteiger partial charge in [-0.1, -0.05) is 11.6 Å². The van der Waals surface area contributed by atoms with Crippen LogP contribution in [0.4, 0.5) is 20.6 Å². The number of halogens is 2. The fourth-order valence-electron chi connectivity index (χ4n) is 4.39. The van der Waals surface area contributed by atoms with Crippen LogP contribution in [0.2, 0.25) is 4.34 Å². The van der Waals surface area contributed by atoms with Gasteiger partial charge in [-0.15, -0.1) is 11.3 Å². The molecule has 2 saturated heterocycles. The van der Waals surface area contributed by atoms with Gasteiger partial charge >= 0.3 is 6.09 Å². The molecule has 220 valence electrons. The normalized spacial score (nSPS) is 17.0. The quantitative estimate of drug-likeness (QED) is 0.368. The van der Waals surface area contributed by atoms with E-state index in [9.17, 15) is 24.0 Å². The van der Waals surface area contributed by atoms with E-state index >= 15 is 4.39 Å². The monoisotopic (exact) mass is 609 g/mol. The summed E-state index contributed by atoms with van der Waals surface area (Å²) in [7, 11) is 0. The summed E-state index contributed by atoms with van der Waals surface area (Å²) in [6.07, 6.45) is -0.877. The lowest BCUT2D eigenvalue weighted by Gasteiger charge is -2.27. The third kappa shape index (κ3) is 7.58. The van der Waals surface area contributed by atoms with Gasteiger partial charge in [0, 0.05) is 25.2 Å². The Morgan fingerprint density at radius 3 is 2.66 bits per heavy atom. The molecule has 2 aromatic rings. The fraction of sp³-hybridized carbons (Fsp3) is 0.423. The van der Waals surface area contributed by atoms with Gasteiger partial charge in [0.05, 0.1) is 41.1 Å². The number of imide groups is 1. The van der Waals surface area contributed by atoms with Crippen molar-refractivity contribution in [3.05, 3.63) is 45.4 Å². The van der Waals surface area contributed by atoms with Crippen LogP contribution in [0.3, 0.4) is 0 Å². The number of morpholine rings is 1. The van der Waals surface area contributed by atoms with Crippen LogP contribution in [-0.4, -0.2) is 86.7 Å². The number of benzene rings is 1. The summed E-state index contributed by atoms with van der Waals surface area (Å²) in [5.74, 6) is -2.44. The van der Waals surface area contributed by atoms with Gasteiger partial charge in [-0.25, -0.2) is 9.18 Å². The van der Waals surface area contributed by atoms with Crippen molar-refractivity contribution in [1.29, 1.82) is 0 Å². The van der Waals surface area contributed by atoms with E-state index in [-0.39, 0.29) is 61.6 Å². The molecular weight excluding hydrogens is 581 g/mol. The highest BCUT2D eigenvalue weighted by Gasteiger charge is 2.37. The predicted octanol–water partition coefficient (Wildman–Crippen LogP) is 2.14. The van der Waals surface area contributed by atoms with E-state index < -0.39 is 29.8 Å². The first-order valence-electron chi connectivity index (χ1n) is 12.9. The Morgan fingerprint density at radius 1 is 1.17 bits per heavy atom. The Balaban J connectivity index is 1.43. The first-order valence-corrected chi connectivity index (χ1v) is 14.1. The second kappa shape index (κ2) is 13.9. The van der Waals surface area contributed by atoms with Crippen molar-refractivity contribution < 1.29 is 37.8 Å². The van der Waals surface area contributed by atoms with Crippen molar-refractivity contribution in [3.63, 3.8) is 0 Å². The van der Waals surface area contributed by atoms with Crippen molar-refractivity contribution >= 4 is 64.0 Å². The molecule has 0 saturated carbocycles. The molecule has 1 aromatic heterocycles. The minimum Gasteiger partial charge on any atom is -0.442 e. The smallest absolute Gasteiger partial charge is 0.414 e. The molecule has 4 rings (SSSR count). The van der Waals surface area contributed by atoms with E-state index in [0.717, 1.165) is 27.2 Å². The zero-order valence-corrected chi connectivity index (χ0v) is 23.5. The van der Waals surface area contributed by atoms with Gasteiger partial charge in [-0.3, -0.25) is 29.0 Å². The molecule has 2 aliphatic heterocycles. The highest BCUT2D eigenvalue weighted by molar-refractivity contribution is 7.18. The van der Waals surface area contributed by atoms with Crippen LogP contribution < -0.4 is 20.9 Å². The second-order valence-corrected chi connectivity index (χ2v) is 11.0. The maximum absolute atomic E-state index is 15.1. The molecule has 41 heavy (non-hydrogen) atoms. The van der Waals surface area contributed by atoms with E-state index in [4.69, 9.17) is 26.8 Å². The summed E-state index contributed by atoms with van der Waals surface area (Å²) in [6, 6.07) is 7.10. The molecule has 0 aliphatic carbocycles. The Morgan fingerprint density at radius 2 is 1.98 bits per heavy atom. The SMILES string of the molecule is NCC(=O)NCCCCC(=O)N(C[C@H]1CN(c2ccc(N3CCOCC3=O)cc2F)C(=O)O1)C(=O)c1ccc(Cl)s1. The Hall–Kier alpha value is -3.59. The zero-order chi connectivity index (χ0) is 29.5. The number of carbonyl (C=O) groups is 5. The summed E-state index contributed by atoms with van der Waals surface area (Å²) in [5.41, 5.74) is 5.53. The molecule has 2 aliphatic rings. The second-order valence-electron chi connectivity index (χ2n) is 9.27. The largest absolute Gasteiger partial charge is 0.442 e. The average molecular weight is 610 g/mol. The van der Waals surface area contributed by atoms with E-state index in [0.29, 0.717) is 36.0 Å². The molecule has 5 amide bonds. The van der Waals surface area contributed by atoms with Gasteiger partial charge in [0.25, 0.3) is 11.8 Å². The molecule has 0 bridgehead atoms. The third-order valence-electron chi connectivity index (χ3n) is 6.44. The average Bonchev–Trinajstić information content (AvgIpc) is 3.55. The van der Waals surface area contributed by atoms with Crippen molar-refractivity contribution in [2.24, 2.45) is 5.73 Å². The number of nitrogens with one attached hydrogen (secondary N) is 1. The Bertz CT molecular complexity index is 1320. The van der Waals surface area contributed by atoms with Crippen molar-refractivity contribution in [2.75, 3.05) is 55.7 Å². The number of nitrogens with zero attached hydrogens (tertiary/aromatic N) is 3. The summed E-state index contributed by atoms with van der Waals surface area (Å²) < 4.78 is 26.0. The minimum atomic E-state index is -0.922. The van der Waals surface area contributed by atoms with E-state index in [2.05, 4.69) is 5.32 Å². The zero-order valence-electron chi connectivity index (χ0n) is 22.0. The van der Waals surface area contributed by atoms with E-state index in [1.165, 1.54) is 29.2 Å². The summed E-state index contributed by atoms with van der Waals surface area (Å²) >= 11 is 6.99. The lowest BCUT2D eigenvalue weighted by molar-refractivity contribution is -0.129. The number of ether oxygens (including phenoxy) is 2. The number of thiophene rings is 1. The maximum Gasteiger partial charge on any atom is 0.414 e. The number of hydrogen-bond donors (Lipinski definition) is 2. The third-order valence-corrected chi connectivity index (χ3v) is 7.65. The molecular formula is C26H29ClFN5O7S. The van der Waals surface area contributed by atoms with Crippen molar-refractivity contribution in [1.82, 2.24) is 10.2 Å². The van der Waals surface area contributed by atoms with Crippen LogP contribution in [-0.2, 0) is 23.9 Å². The summed E-state index contributed by atoms with van der Waals surface area (Å²) in [4.78, 5) is 66.2. The number of hydrogen-bond acceptors (Lipinski definition) is 9. The molecule has 0 radical (unpaired) electrons. The molecule has 3 N–H and O–H groups in total. The van der Waals surface area contributed by atoms with Crippen LogP contribution >= 0.6 is 22.9 Å². The molecule has 1 atom stereocenters. The van der Waals surface area contributed by atoms with Gasteiger partial charge in [0.15, 0.2) is 0 Å². The number of anilines is 2. The van der Waals surface area contributed by atoms with E-state index in [1.807, 2.05) is 0 Å². The van der Waals surface area contributed by atoms with Crippen LogP contribution in [0.25, 0.3) is 0 Å². The Labute approximate surface area is 244 Å². The van der Waals surface area contributed by atoms with Crippen LogP contribution in [0.15, 0.2) is 30.3 Å². The molecule has 1 aromatic carbocycles. The topological polar surface area (TPSA) is 152 Å². The lowest BCUT2D eigenvalue weighted by Crippen LogP contribution is -2.43. The fourth-order valence-corrected chi connectivity index (χ4v) is 5.38. The van der Waals surface area contributed by atoms with Crippen LogP contribution in [0.5, 0.6) is 0 Å². The van der Waals surface area contributed by atoms with Gasteiger partial charge in [-0.2, -0.15) is 0 Å². The summed E-state index contributed by atoms with van der Waals surface area (Å²) in [5, 5.41) is 2.61. The molecule has 3 heterocycles. The molecule has 0 unspecified atom stereocenters. The number of cyclic esters (lactones) is 1. The van der Waals surface area contributed by atoms with Crippen molar-refractivity contribution in [3.8, 4) is 0 Å². The molecule has 0 spiro atoms. The van der Waals surface area contributed by atoms with Crippen LogP contribution in [0.1, 0.15) is 28.9 Å². The van der Waals surface area contributed by atoms with Gasteiger partial charge in [-0.05, 0) is 43.2 Å². The van der Waals surface area contributed by atoms with Gasteiger partial charge in [0.1, 0.15) is 18.5 Å². The predicted molar refractivity (Wildman–Crippen MR) is 148 cm³/mol. The van der Waals surface area contributed by atoms with Gasteiger partial charge < -0.3 is 25.4 Å². The number of amides is 5. The molecule has 15 heteroatoms. The Kier molecular flexibility index (Phi) is 10.3. The molecule has 2 fully saturated rings. The first-order chi connectivity index (χ1) is 19.7. The molecule has 12 nitrogen and oxygen atoms in total. The number of nitrogens with two attached hydrogens (primary N) is 1. The minimum absolute atomic E-state index is 0.00404.